The minimum Gasteiger partial charge on any atom is -0.496 e. The molecule has 4 nitrogen and oxygen atoms in total. The van der Waals surface area contributed by atoms with Crippen molar-refractivity contribution in [2.45, 2.75) is 12.5 Å². The minimum absolute atomic E-state index is 0.0897. The normalized spacial score (nSPS) is 12.3. The first-order valence-electron chi connectivity index (χ1n) is 4.91. The molecular weight excluding hydrogens is 213 g/mol. The van der Waals surface area contributed by atoms with E-state index in [1.54, 1.807) is 0 Å². The van der Waals surface area contributed by atoms with Crippen LogP contribution in [0.15, 0.2) is 12.1 Å². The van der Waals surface area contributed by atoms with Gasteiger partial charge in [0.25, 0.3) is 0 Å². The van der Waals surface area contributed by atoms with Gasteiger partial charge in [0.2, 0.25) is 0 Å². The van der Waals surface area contributed by atoms with Gasteiger partial charge >= 0.3 is 0 Å². The maximum Gasteiger partial charge on any atom is 0.165 e. The lowest BCUT2D eigenvalue weighted by Crippen LogP contribution is -2.22. The standard InChI is InChI=1S/C11H16FNO3/c1-15-10-4-3-9(12)11(16-2)8(10)5-7(14)6-13/h3-4,7,14H,5-6,13H2,1-2H3. The van der Waals surface area contributed by atoms with Crippen molar-refractivity contribution in [3.8, 4) is 11.5 Å². The lowest BCUT2D eigenvalue weighted by atomic mass is 10.1. The molecule has 1 aromatic carbocycles. The first-order chi connectivity index (χ1) is 7.63. The van der Waals surface area contributed by atoms with Gasteiger partial charge in [0.05, 0.1) is 20.3 Å². The third-order valence-corrected chi connectivity index (χ3v) is 2.31. The van der Waals surface area contributed by atoms with Gasteiger partial charge in [-0.1, -0.05) is 0 Å². The van der Waals surface area contributed by atoms with Gasteiger partial charge in [0, 0.05) is 18.5 Å². The van der Waals surface area contributed by atoms with Gasteiger partial charge in [-0.15, -0.1) is 0 Å². The van der Waals surface area contributed by atoms with Crippen LogP contribution in [0, 0.1) is 5.82 Å². The van der Waals surface area contributed by atoms with E-state index < -0.39 is 11.9 Å². The molecule has 5 heteroatoms. The maximum absolute atomic E-state index is 13.4. The molecule has 0 saturated heterocycles. The van der Waals surface area contributed by atoms with Gasteiger partial charge in [0.1, 0.15) is 5.75 Å². The molecule has 0 aromatic heterocycles. The van der Waals surface area contributed by atoms with Crippen LogP contribution in [0.25, 0.3) is 0 Å². The fourth-order valence-electron chi connectivity index (χ4n) is 1.51. The van der Waals surface area contributed by atoms with Crippen LogP contribution in [0.4, 0.5) is 4.39 Å². The van der Waals surface area contributed by atoms with Crippen molar-refractivity contribution in [1.29, 1.82) is 0 Å². The summed E-state index contributed by atoms with van der Waals surface area (Å²) in [5.74, 6) is 0.0834. The van der Waals surface area contributed by atoms with Crippen LogP contribution < -0.4 is 15.2 Å². The maximum atomic E-state index is 13.4. The Morgan fingerprint density at radius 1 is 1.38 bits per heavy atom. The fraction of sp³-hybridized carbons (Fsp3) is 0.455. The summed E-state index contributed by atoms with van der Waals surface area (Å²) in [4.78, 5) is 0. The molecule has 0 aliphatic carbocycles. The zero-order chi connectivity index (χ0) is 12.1. The number of hydrogen-bond acceptors (Lipinski definition) is 4. The number of aliphatic hydroxyl groups is 1. The molecular formula is C11H16FNO3. The number of halogens is 1. The SMILES string of the molecule is COc1ccc(F)c(OC)c1CC(O)CN. The Balaban J connectivity index is 3.14. The molecule has 0 amide bonds. The van der Waals surface area contributed by atoms with E-state index in [2.05, 4.69) is 0 Å². The monoisotopic (exact) mass is 229 g/mol. The second-order valence-electron chi connectivity index (χ2n) is 3.36. The third-order valence-electron chi connectivity index (χ3n) is 2.31. The van der Waals surface area contributed by atoms with Crippen LogP contribution in [-0.4, -0.2) is 32.0 Å². The minimum atomic E-state index is -0.746. The van der Waals surface area contributed by atoms with Gasteiger partial charge in [-0.2, -0.15) is 0 Å². The van der Waals surface area contributed by atoms with Gasteiger partial charge in [-0.05, 0) is 12.1 Å². The highest BCUT2D eigenvalue weighted by atomic mass is 19.1. The van der Waals surface area contributed by atoms with E-state index in [0.29, 0.717) is 11.3 Å². The van der Waals surface area contributed by atoms with Gasteiger partial charge < -0.3 is 20.3 Å². The summed E-state index contributed by atoms with van der Waals surface area (Å²) in [6.07, 6.45) is -0.551. The molecule has 1 atom stereocenters. The van der Waals surface area contributed by atoms with Crippen LogP contribution in [-0.2, 0) is 6.42 Å². The van der Waals surface area contributed by atoms with Crippen molar-refractivity contribution >= 4 is 0 Å². The number of methoxy groups -OCH3 is 2. The topological polar surface area (TPSA) is 64.7 Å². The molecule has 0 spiro atoms. The molecule has 16 heavy (non-hydrogen) atoms. The highest BCUT2D eigenvalue weighted by Crippen LogP contribution is 2.32. The number of benzene rings is 1. The zero-order valence-corrected chi connectivity index (χ0v) is 9.37. The Kier molecular flexibility index (Phi) is 4.52. The van der Waals surface area contributed by atoms with Crippen molar-refractivity contribution in [3.05, 3.63) is 23.5 Å². The second kappa shape index (κ2) is 5.67. The number of ether oxygens (including phenoxy) is 2. The van der Waals surface area contributed by atoms with E-state index in [9.17, 15) is 9.50 Å². The van der Waals surface area contributed by atoms with Crippen LogP contribution in [0.1, 0.15) is 5.56 Å². The van der Waals surface area contributed by atoms with Crippen LogP contribution in [0.5, 0.6) is 11.5 Å². The lowest BCUT2D eigenvalue weighted by Gasteiger charge is -2.15. The first-order valence-corrected chi connectivity index (χ1v) is 4.91. The molecule has 0 saturated carbocycles. The van der Waals surface area contributed by atoms with Crippen LogP contribution >= 0.6 is 0 Å². The summed E-state index contributed by atoms with van der Waals surface area (Å²) < 4.78 is 23.5. The van der Waals surface area contributed by atoms with E-state index in [0.717, 1.165) is 0 Å². The predicted molar refractivity (Wildman–Crippen MR) is 58.3 cm³/mol. The van der Waals surface area contributed by atoms with Crippen LogP contribution in [0.3, 0.4) is 0 Å². The summed E-state index contributed by atoms with van der Waals surface area (Å²) in [6.45, 7) is 0.100. The average Bonchev–Trinajstić information content (AvgIpc) is 2.29. The van der Waals surface area contributed by atoms with E-state index in [1.807, 2.05) is 0 Å². The van der Waals surface area contributed by atoms with E-state index in [4.69, 9.17) is 15.2 Å². The summed E-state index contributed by atoms with van der Waals surface area (Å²) in [5, 5.41) is 9.48. The molecule has 0 aliphatic heterocycles. The van der Waals surface area contributed by atoms with E-state index in [-0.39, 0.29) is 18.7 Å². The highest BCUT2D eigenvalue weighted by Gasteiger charge is 2.17. The molecule has 0 bridgehead atoms. The van der Waals surface area contributed by atoms with E-state index >= 15 is 0 Å². The fourth-order valence-corrected chi connectivity index (χ4v) is 1.51. The first kappa shape index (κ1) is 12.7. The largest absolute Gasteiger partial charge is 0.496 e. The average molecular weight is 229 g/mol. The summed E-state index contributed by atoms with van der Waals surface area (Å²) in [7, 11) is 2.85. The lowest BCUT2D eigenvalue weighted by molar-refractivity contribution is 0.180. The van der Waals surface area contributed by atoms with Crippen molar-refractivity contribution in [2.75, 3.05) is 20.8 Å². The highest BCUT2D eigenvalue weighted by molar-refractivity contribution is 5.46. The Morgan fingerprint density at radius 3 is 2.56 bits per heavy atom. The van der Waals surface area contributed by atoms with Gasteiger partial charge in [-0.3, -0.25) is 0 Å². The quantitative estimate of drug-likeness (QED) is 0.780. The van der Waals surface area contributed by atoms with Crippen molar-refractivity contribution in [2.24, 2.45) is 5.73 Å². The van der Waals surface area contributed by atoms with Crippen LogP contribution in [0.2, 0.25) is 0 Å². The number of nitrogens with two attached hydrogens (primary N) is 1. The number of hydrogen-bond donors (Lipinski definition) is 2. The third kappa shape index (κ3) is 2.62. The van der Waals surface area contributed by atoms with Gasteiger partial charge in [0.15, 0.2) is 11.6 Å². The molecule has 0 aliphatic rings. The van der Waals surface area contributed by atoms with Crippen molar-refractivity contribution in [1.82, 2.24) is 0 Å². The molecule has 90 valence electrons. The Bertz CT molecular complexity index is 357. The second-order valence-corrected chi connectivity index (χ2v) is 3.36. The zero-order valence-electron chi connectivity index (χ0n) is 9.37. The summed E-state index contributed by atoms with van der Waals surface area (Å²) in [6, 6.07) is 2.76. The smallest absolute Gasteiger partial charge is 0.165 e. The van der Waals surface area contributed by atoms with Crippen molar-refractivity contribution in [3.63, 3.8) is 0 Å². The Hall–Kier alpha value is -1.33. The molecule has 0 fully saturated rings. The molecule has 0 heterocycles. The molecule has 1 rings (SSSR count). The molecule has 1 unspecified atom stereocenters. The summed E-state index contributed by atoms with van der Waals surface area (Å²) >= 11 is 0. The van der Waals surface area contributed by atoms with Crippen molar-refractivity contribution < 1.29 is 19.0 Å². The summed E-state index contributed by atoms with van der Waals surface area (Å²) in [5.41, 5.74) is 5.80. The van der Waals surface area contributed by atoms with Gasteiger partial charge in [-0.25, -0.2) is 4.39 Å². The Morgan fingerprint density at radius 2 is 2.06 bits per heavy atom. The molecule has 0 radical (unpaired) electrons. The van der Waals surface area contributed by atoms with E-state index in [1.165, 1.54) is 26.4 Å². The number of aliphatic hydroxyl groups excluding tert-OH is 1. The predicted octanol–water partition coefficient (Wildman–Crippen LogP) is 0.705. The Labute approximate surface area is 93.8 Å². The number of rotatable bonds is 5. The molecule has 1 aromatic rings. The molecule has 3 N–H and O–H groups in total.